The molecule has 4 heteroatoms. The fourth-order valence-electron chi connectivity index (χ4n) is 2.21. The average Bonchev–Trinajstić information content (AvgIpc) is 3.18. The summed E-state index contributed by atoms with van der Waals surface area (Å²) in [7, 11) is 0. The Kier molecular flexibility index (Phi) is 3.53. The van der Waals surface area contributed by atoms with Crippen molar-refractivity contribution in [3.8, 4) is 6.07 Å². The van der Waals surface area contributed by atoms with Crippen molar-refractivity contribution in [1.29, 1.82) is 5.26 Å². The van der Waals surface area contributed by atoms with Gasteiger partial charge in [-0.05, 0) is 42.2 Å². The summed E-state index contributed by atoms with van der Waals surface area (Å²) in [6.07, 6.45) is 6.67. The van der Waals surface area contributed by atoms with Gasteiger partial charge in [0.15, 0.2) is 0 Å². The summed E-state index contributed by atoms with van der Waals surface area (Å²) in [5.41, 5.74) is 2.28. The molecule has 2 aromatic rings. The lowest BCUT2D eigenvalue weighted by molar-refractivity contribution is 0.622. The van der Waals surface area contributed by atoms with Crippen molar-refractivity contribution >= 4 is 0 Å². The fraction of sp³-hybridized carbons (Fsp3) is 0.312. The first-order valence-electron chi connectivity index (χ1n) is 6.81. The molecule has 0 unspecified atom stereocenters. The highest BCUT2D eigenvalue weighted by Gasteiger charge is 2.19. The van der Waals surface area contributed by atoms with Gasteiger partial charge in [-0.2, -0.15) is 5.26 Å². The van der Waals surface area contributed by atoms with E-state index in [4.69, 9.17) is 5.26 Å². The number of nitrogens with one attached hydrogen (secondary N) is 1. The van der Waals surface area contributed by atoms with Gasteiger partial charge in [0, 0.05) is 31.5 Å². The molecular weight excluding hydrogens is 253 g/mol. The molecule has 1 aromatic carbocycles. The van der Waals surface area contributed by atoms with Crippen LogP contribution < -0.4 is 5.32 Å². The van der Waals surface area contributed by atoms with E-state index in [1.165, 1.54) is 24.5 Å². The van der Waals surface area contributed by atoms with E-state index in [1.54, 1.807) is 12.1 Å². The maximum Gasteiger partial charge on any atom is 0.140 e. The molecule has 1 aliphatic carbocycles. The average molecular weight is 269 g/mol. The van der Waals surface area contributed by atoms with Crippen LogP contribution in [0.3, 0.4) is 0 Å². The first kappa shape index (κ1) is 12.9. The van der Waals surface area contributed by atoms with Gasteiger partial charge in [0.2, 0.25) is 0 Å². The lowest BCUT2D eigenvalue weighted by atomic mass is 10.1. The van der Waals surface area contributed by atoms with E-state index < -0.39 is 5.82 Å². The number of hydrogen-bond donors (Lipinski definition) is 1. The van der Waals surface area contributed by atoms with E-state index in [1.807, 2.05) is 12.3 Å². The van der Waals surface area contributed by atoms with Crippen LogP contribution >= 0.6 is 0 Å². The first-order chi connectivity index (χ1) is 9.74. The van der Waals surface area contributed by atoms with Gasteiger partial charge in [-0.1, -0.05) is 6.07 Å². The van der Waals surface area contributed by atoms with Crippen molar-refractivity contribution < 1.29 is 4.39 Å². The quantitative estimate of drug-likeness (QED) is 0.906. The van der Waals surface area contributed by atoms with Crippen LogP contribution in [0, 0.1) is 17.1 Å². The van der Waals surface area contributed by atoms with Crippen LogP contribution in [0.5, 0.6) is 0 Å². The zero-order valence-corrected chi connectivity index (χ0v) is 11.1. The number of nitrogens with zero attached hydrogens (tertiary/aromatic N) is 2. The maximum atomic E-state index is 13.3. The number of aromatic nitrogens is 1. The second-order valence-electron chi connectivity index (χ2n) is 5.27. The third kappa shape index (κ3) is 3.06. The molecule has 3 nitrogen and oxygen atoms in total. The van der Waals surface area contributed by atoms with E-state index in [-0.39, 0.29) is 5.56 Å². The highest BCUT2D eigenvalue weighted by Crippen LogP contribution is 2.19. The molecule has 1 heterocycles. The highest BCUT2D eigenvalue weighted by atomic mass is 19.1. The fourth-order valence-corrected chi connectivity index (χ4v) is 2.21. The molecule has 102 valence electrons. The molecule has 0 amide bonds. The molecule has 1 aliphatic rings. The van der Waals surface area contributed by atoms with Gasteiger partial charge >= 0.3 is 0 Å². The third-order valence-corrected chi connectivity index (χ3v) is 3.50. The Morgan fingerprint density at radius 3 is 2.90 bits per heavy atom. The van der Waals surface area contributed by atoms with Crippen LogP contribution in [0.15, 0.2) is 36.7 Å². The second kappa shape index (κ2) is 5.48. The second-order valence-corrected chi connectivity index (χ2v) is 5.27. The van der Waals surface area contributed by atoms with E-state index in [9.17, 15) is 4.39 Å². The van der Waals surface area contributed by atoms with Crippen molar-refractivity contribution in [2.45, 2.75) is 32.0 Å². The molecule has 0 radical (unpaired) electrons. The van der Waals surface area contributed by atoms with Gasteiger partial charge in [0.05, 0.1) is 5.56 Å². The van der Waals surface area contributed by atoms with Crippen molar-refractivity contribution in [3.05, 3.63) is 59.2 Å². The molecule has 20 heavy (non-hydrogen) atoms. The molecular formula is C16H16FN3. The van der Waals surface area contributed by atoms with E-state index in [0.717, 1.165) is 12.1 Å². The third-order valence-electron chi connectivity index (χ3n) is 3.50. The van der Waals surface area contributed by atoms with Crippen LogP contribution in [-0.4, -0.2) is 10.6 Å². The number of benzene rings is 1. The Morgan fingerprint density at radius 1 is 1.30 bits per heavy atom. The largest absolute Gasteiger partial charge is 0.350 e. The number of nitriles is 1. The monoisotopic (exact) mass is 269 g/mol. The summed E-state index contributed by atoms with van der Waals surface area (Å²) < 4.78 is 15.3. The maximum absolute atomic E-state index is 13.3. The Labute approximate surface area is 117 Å². The Balaban J connectivity index is 1.66. The van der Waals surface area contributed by atoms with E-state index >= 15 is 0 Å². The molecule has 1 saturated carbocycles. The molecule has 1 N–H and O–H groups in total. The number of hydrogen-bond acceptors (Lipinski definition) is 2. The smallest absolute Gasteiger partial charge is 0.140 e. The van der Waals surface area contributed by atoms with Crippen LogP contribution in [0.4, 0.5) is 4.39 Å². The van der Waals surface area contributed by atoms with Gasteiger partial charge in [0.1, 0.15) is 11.9 Å². The summed E-state index contributed by atoms with van der Waals surface area (Å²) in [5.74, 6) is -0.460. The van der Waals surface area contributed by atoms with Crippen molar-refractivity contribution in [3.63, 3.8) is 0 Å². The minimum Gasteiger partial charge on any atom is -0.350 e. The Hall–Kier alpha value is -2.12. The first-order valence-corrected chi connectivity index (χ1v) is 6.81. The van der Waals surface area contributed by atoms with Crippen LogP contribution in [0.1, 0.15) is 29.5 Å². The topological polar surface area (TPSA) is 40.8 Å². The minimum atomic E-state index is -0.460. The standard InChI is InChI=1S/C16H16FN3/c17-16-4-1-12(7-14(16)8-18)10-20-6-5-13(11-20)9-19-15-2-3-15/h1,4-7,11,15,19H,2-3,9-10H2. The summed E-state index contributed by atoms with van der Waals surface area (Å²) in [6.45, 7) is 1.54. The van der Waals surface area contributed by atoms with E-state index in [2.05, 4.69) is 22.1 Å². The Bertz CT molecular complexity index is 650. The lowest BCUT2D eigenvalue weighted by Crippen LogP contribution is -2.14. The predicted octanol–water partition coefficient (Wildman–Crippen LogP) is 2.80. The molecule has 0 saturated heterocycles. The lowest BCUT2D eigenvalue weighted by Gasteiger charge is -2.04. The zero-order valence-electron chi connectivity index (χ0n) is 11.1. The molecule has 0 aliphatic heterocycles. The molecule has 1 fully saturated rings. The minimum absolute atomic E-state index is 0.102. The Morgan fingerprint density at radius 2 is 2.15 bits per heavy atom. The van der Waals surface area contributed by atoms with Gasteiger partial charge in [0.25, 0.3) is 0 Å². The van der Waals surface area contributed by atoms with Gasteiger partial charge in [-0.15, -0.1) is 0 Å². The van der Waals surface area contributed by atoms with Gasteiger partial charge < -0.3 is 9.88 Å². The summed E-state index contributed by atoms with van der Waals surface area (Å²) in [5, 5.41) is 12.3. The highest BCUT2D eigenvalue weighted by molar-refractivity contribution is 5.34. The molecule has 3 rings (SSSR count). The van der Waals surface area contributed by atoms with Crippen LogP contribution in [0.2, 0.25) is 0 Å². The van der Waals surface area contributed by atoms with E-state index in [0.29, 0.717) is 12.6 Å². The summed E-state index contributed by atoms with van der Waals surface area (Å²) >= 11 is 0. The van der Waals surface area contributed by atoms with Crippen molar-refractivity contribution in [2.24, 2.45) is 0 Å². The number of rotatable bonds is 5. The SMILES string of the molecule is N#Cc1cc(Cn2ccc(CNC3CC3)c2)ccc1F. The molecule has 1 aromatic heterocycles. The predicted molar refractivity (Wildman–Crippen MR) is 74.5 cm³/mol. The molecule has 0 spiro atoms. The van der Waals surface area contributed by atoms with Gasteiger partial charge in [-0.25, -0.2) is 4.39 Å². The van der Waals surface area contributed by atoms with Gasteiger partial charge in [-0.3, -0.25) is 0 Å². The zero-order chi connectivity index (χ0) is 13.9. The van der Waals surface area contributed by atoms with Crippen molar-refractivity contribution in [2.75, 3.05) is 0 Å². The normalized spacial score (nSPS) is 14.2. The molecule has 0 bridgehead atoms. The van der Waals surface area contributed by atoms with Crippen LogP contribution in [0.25, 0.3) is 0 Å². The summed E-state index contributed by atoms with van der Waals surface area (Å²) in [4.78, 5) is 0. The summed E-state index contributed by atoms with van der Waals surface area (Å²) in [6, 6.07) is 9.35. The number of halogens is 1. The van der Waals surface area contributed by atoms with Crippen LogP contribution in [-0.2, 0) is 13.1 Å². The molecule has 0 atom stereocenters. The van der Waals surface area contributed by atoms with Crippen molar-refractivity contribution in [1.82, 2.24) is 9.88 Å².